The van der Waals surface area contributed by atoms with Gasteiger partial charge in [0.05, 0.1) is 0 Å². The number of hydrogen-bond acceptors (Lipinski definition) is 0. The van der Waals surface area contributed by atoms with E-state index in [-0.39, 0.29) is 35.9 Å². The van der Waals surface area contributed by atoms with Crippen LogP contribution in [-0.2, 0) is 17.1 Å². The van der Waals surface area contributed by atoms with E-state index in [0.29, 0.717) is 0 Å². The topological polar surface area (TPSA) is 0 Å². The second-order valence-corrected chi connectivity index (χ2v) is 14.4. The zero-order valence-electron chi connectivity index (χ0n) is 16.8. The molecule has 0 N–H and O–H groups in total. The summed E-state index contributed by atoms with van der Waals surface area (Å²) in [6.45, 7) is 7.00. The van der Waals surface area contributed by atoms with Gasteiger partial charge in [0.1, 0.15) is 0 Å². The molecule has 25 heavy (non-hydrogen) atoms. The maximum Gasteiger partial charge on any atom is 2.00 e. The Morgan fingerprint density at radius 3 is 1.04 bits per heavy atom. The van der Waals surface area contributed by atoms with E-state index in [0.717, 1.165) is 0 Å². The van der Waals surface area contributed by atoms with Crippen LogP contribution >= 0.6 is 0 Å². The van der Waals surface area contributed by atoms with Gasteiger partial charge < -0.3 is 12.8 Å². The summed E-state index contributed by atoms with van der Waals surface area (Å²) in [6.07, 6.45) is 29.8. The minimum absolute atomic E-state index is 0. The summed E-state index contributed by atoms with van der Waals surface area (Å²) in [5.41, 5.74) is 0. The molecule has 134 valence electrons. The zero-order chi connectivity index (χ0) is 17.0. The van der Waals surface area contributed by atoms with Crippen LogP contribution in [0.5, 0.6) is 0 Å². The van der Waals surface area contributed by atoms with E-state index in [2.05, 4.69) is 33.6 Å². The van der Waals surface area contributed by atoms with Crippen molar-refractivity contribution in [2.75, 3.05) is 0 Å². The summed E-state index contributed by atoms with van der Waals surface area (Å²) in [5, 5.41) is 0. The van der Waals surface area contributed by atoms with E-state index in [1.807, 2.05) is 51.4 Å². The van der Waals surface area contributed by atoms with Crippen molar-refractivity contribution in [1.82, 2.24) is 0 Å². The maximum atomic E-state index is 2.86. The van der Waals surface area contributed by atoms with Gasteiger partial charge in [-0.2, -0.15) is 0 Å². The van der Waals surface area contributed by atoms with E-state index in [4.69, 9.17) is 0 Å². The molecule has 0 aromatic rings. The predicted octanol–water partition coefficient (Wildman–Crippen LogP) is 3.68. The van der Waals surface area contributed by atoms with Crippen LogP contribution in [0.1, 0.15) is 59.3 Å². The third kappa shape index (κ3) is 25.9. The Hall–Kier alpha value is 1.92. The molecule has 0 heterocycles. The maximum absolute atomic E-state index is 2.86. The minimum Gasteiger partial charge on any atom is -0.474 e. The van der Waals surface area contributed by atoms with Crippen LogP contribution in [0.15, 0.2) is 0 Å². The van der Waals surface area contributed by atoms with Crippen LogP contribution in [0.4, 0.5) is 0 Å². The van der Waals surface area contributed by atoms with Crippen molar-refractivity contribution in [3.8, 4) is 0 Å². The largest absolute Gasteiger partial charge is 2.00 e. The van der Waals surface area contributed by atoms with Gasteiger partial charge in [-0.25, -0.2) is 25.7 Å². The van der Waals surface area contributed by atoms with Crippen molar-refractivity contribution in [2.45, 2.75) is 72.6 Å². The molecule has 0 spiro atoms. The molecule has 2 saturated carbocycles. The molecule has 0 nitrogen and oxygen atoms in total. The van der Waals surface area contributed by atoms with Crippen LogP contribution in [0.3, 0.4) is 0 Å². The molecule has 10 radical (unpaired) electrons. The number of unbranched alkanes of at least 4 members (excludes halogenated alkanes) is 3. The van der Waals surface area contributed by atoms with Gasteiger partial charge in [0.15, 0.2) is 0 Å². The molecule has 0 bridgehead atoms. The molecule has 2 aliphatic carbocycles. The van der Waals surface area contributed by atoms with Gasteiger partial charge in [0, 0.05) is 0 Å². The third-order valence-corrected chi connectivity index (χ3v) is 12.7. The Balaban J connectivity index is -0.000000330. The van der Waals surface area contributed by atoms with Gasteiger partial charge in [-0.1, -0.05) is 25.7 Å². The molecular formula is C22H35FeLiSn+2. The van der Waals surface area contributed by atoms with Crippen molar-refractivity contribution in [3.63, 3.8) is 0 Å². The molecule has 0 aliphatic heterocycles. The van der Waals surface area contributed by atoms with Crippen LogP contribution in [-0.4, -0.2) is 19.8 Å². The van der Waals surface area contributed by atoms with Crippen LogP contribution in [0.2, 0.25) is 13.3 Å². The van der Waals surface area contributed by atoms with E-state index < -0.39 is 19.8 Å². The van der Waals surface area contributed by atoms with Crippen LogP contribution in [0.25, 0.3) is 0 Å². The molecule has 0 unspecified atom stereocenters. The van der Waals surface area contributed by atoms with Gasteiger partial charge in [0.2, 0.25) is 0 Å². The number of hydrogen-bond donors (Lipinski definition) is 0. The van der Waals surface area contributed by atoms with Crippen molar-refractivity contribution in [1.29, 1.82) is 0 Å². The first-order valence-corrected chi connectivity index (χ1v) is 15.4. The standard InChI is InChI=1S/2C5H4.3C4H9.Fe.Li.Sn/c2*1-2-4-5-3-1;3*1-3-4-2;;;/h2*1-4H;3*1,3-4H2,2H3;;;/q2*-1;;;;+2;2*+1. The first kappa shape index (κ1) is 31.6. The first-order valence-electron chi connectivity index (χ1n) is 9.34. The Morgan fingerprint density at radius 2 is 0.880 bits per heavy atom. The second kappa shape index (κ2) is 28.1. The van der Waals surface area contributed by atoms with Crippen molar-refractivity contribution in [3.05, 3.63) is 64.2 Å². The van der Waals surface area contributed by atoms with E-state index >= 15 is 0 Å². The molecule has 0 atom stereocenters. The molecule has 0 aromatic carbocycles. The molecule has 2 fully saturated rings. The van der Waals surface area contributed by atoms with Crippen LogP contribution < -0.4 is 18.9 Å². The van der Waals surface area contributed by atoms with Crippen molar-refractivity contribution < 1.29 is 35.9 Å². The summed E-state index contributed by atoms with van der Waals surface area (Å²) in [6, 6.07) is 0. The molecule has 2 rings (SSSR count). The zero-order valence-corrected chi connectivity index (χ0v) is 20.8. The Kier molecular flexibility index (Phi) is 35.6. The SMILES string of the molecule is CCC[CH2][Sn+]([CH2]CCC)[CH2]CCC.[C-]1[CH][CH][CH][CH]1.[C-]1[CH][CH][CH][CH]1.[Fe+2].[Li+]. The molecule has 3 heteroatoms. The Bertz CT molecular complexity index is 162. The van der Waals surface area contributed by atoms with E-state index in [9.17, 15) is 0 Å². The van der Waals surface area contributed by atoms with Gasteiger partial charge in [0.25, 0.3) is 0 Å². The summed E-state index contributed by atoms with van der Waals surface area (Å²) in [4.78, 5) is 0. The molecule has 0 aromatic heterocycles. The summed E-state index contributed by atoms with van der Waals surface area (Å²) in [7, 11) is 0. The fourth-order valence-corrected chi connectivity index (χ4v) is 11.7. The average Bonchev–Trinajstić information content (AvgIpc) is 3.31. The van der Waals surface area contributed by atoms with Gasteiger partial charge in [-0.15, -0.1) is 0 Å². The van der Waals surface area contributed by atoms with Crippen LogP contribution in [0, 0.1) is 64.2 Å². The smallest absolute Gasteiger partial charge is 0.474 e. The summed E-state index contributed by atoms with van der Waals surface area (Å²) in [5.74, 6) is 0. The van der Waals surface area contributed by atoms with Gasteiger partial charge in [-0.3, -0.25) is 0 Å². The van der Waals surface area contributed by atoms with Crippen molar-refractivity contribution >= 4 is 19.8 Å². The summed E-state index contributed by atoms with van der Waals surface area (Å²) < 4.78 is 5.04. The predicted molar refractivity (Wildman–Crippen MR) is 106 cm³/mol. The quantitative estimate of drug-likeness (QED) is 0.349. The molecular weight excluding hydrogens is 446 g/mol. The number of rotatable bonds is 9. The average molecular weight is 481 g/mol. The van der Waals surface area contributed by atoms with E-state index in [1.54, 1.807) is 13.3 Å². The normalized spacial score (nSPS) is 15.0. The Morgan fingerprint density at radius 1 is 0.600 bits per heavy atom. The minimum atomic E-state index is -0.839. The third-order valence-electron chi connectivity index (χ3n) is 3.64. The van der Waals surface area contributed by atoms with Gasteiger partial charge >= 0.3 is 128 Å². The van der Waals surface area contributed by atoms with Crippen molar-refractivity contribution in [2.24, 2.45) is 0 Å². The van der Waals surface area contributed by atoms with Gasteiger partial charge in [-0.05, 0) is 0 Å². The molecule has 0 saturated heterocycles. The fraction of sp³-hybridized carbons (Fsp3) is 0.545. The molecule has 0 amide bonds. The summed E-state index contributed by atoms with van der Waals surface area (Å²) >= 11 is -0.839. The van der Waals surface area contributed by atoms with E-state index in [1.165, 1.54) is 38.5 Å². The molecule has 2 aliphatic rings. The Labute approximate surface area is 191 Å². The second-order valence-electron chi connectivity index (χ2n) is 5.83. The fourth-order valence-electron chi connectivity index (χ4n) is 2.21. The first-order chi connectivity index (χ1) is 11.3. The monoisotopic (exact) mass is 482 g/mol.